The highest BCUT2D eigenvalue weighted by atomic mass is 32.2. The quantitative estimate of drug-likeness (QED) is 0.578. The van der Waals surface area contributed by atoms with Gasteiger partial charge in [-0.25, -0.2) is 12.7 Å². The number of benzene rings is 1. The summed E-state index contributed by atoms with van der Waals surface area (Å²) in [6.07, 6.45) is 5.18. The maximum Gasteiger partial charge on any atom is 0.307 e. The van der Waals surface area contributed by atoms with E-state index in [2.05, 4.69) is 5.32 Å². The number of amides is 1. The van der Waals surface area contributed by atoms with Gasteiger partial charge in [-0.2, -0.15) is 0 Å². The fourth-order valence-corrected chi connectivity index (χ4v) is 3.52. The number of sulfonamides is 1. The smallest absolute Gasteiger partial charge is 0.307 e. The Balaban J connectivity index is 1.96. The first-order chi connectivity index (χ1) is 12.2. The van der Waals surface area contributed by atoms with Crippen LogP contribution in [0.15, 0.2) is 41.3 Å². The third-order valence-corrected chi connectivity index (χ3v) is 5.91. The van der Waals surface area contributed by atoms with Crippen LogP contribution in [0.2, 0.25) is 0 Å². The number of ether oxygens (including phenoxy) is 1. The maximum atomic E-state index is 12.2. The molecule has 0 unspecified atom stereocenters. The lowest BCUT2D eigenvalue weighted by Crippen LogP contribution is -2.30. The summed E-state index contributed by atoms with van der Waals surface area (Å²) < 4.78 is 30.6. The number of carbonyl (C=O) groups is 2. The van der Waals surface area contributed by atoms with Gasteiger partial charge in [0, 0.05) is 19.8 Å². The van der Waals surface area contributed by atoms with E-state index < -0.39 is 28.0 Å². The SMILES string of the molecule is C[C@H](OC(=O)C[C@H]1C=CCC1)C(=O)Nc1cccc(S(=O)(=O)N(C)C)c1. The minimum absolute atomic E-state index is 0.0676. The van der Waals surface area contributed by atoms with Gasteiger partial charge in [-0.05, 0) is 43.9 Å². The summed E-state index contributed by atoms with van der Waals surface area (Å²) in [4.78, 5) is 24.2. The zero-order valence-corrected chi connectivity index (χ0v) is 16.0. The molecule has 8 heteroatoms. The van der Waals surface area contributed by atoms with E-state index in [1.807, 2.05) is 12.2 Å². The predicted octanol–water partition coefficient (Wildman–Crippen LogP) is 2.16. The second-order valence-corrected chi connectivity index (χ2v) is 8.56. The first-order valence-electron chi connectivity index (χ1n) is 8.39. The van der Waals surface area contributed by atoms with Crippen molar-refractivity contribution in [3.8, 4) is 0 Å². The van der Waals surface area contributed by atoms with Crippen LogP contribution in [-0.4, -0.2) is 44.8 Å². The number of hydrogen-bond acceptors (Lipinski definition) is 5. The van der Waals surface area contributed by atoms with Gasteiger partial charge in [-0.15, -0.1) is 0 Å². The largest absolute Gasteiger partial charge is 0.453 e. The number of allylic oxidation sites excluding steroid dienone is 2. The number of nitrogens with zero attached hydrogens (tertiary/aromatic N) is 1. The molecule has 0 heterocycles. The van der Waals surface area contributed by atoms with Gasteiger partial charge in [0.15, 0.2) is 6.10 Å². The molecule has 0 radical (unpaired) electrons. The molecule has 1 aromatic rings. The Morgan fingerprint density at radius 1 is 1.35 bits per heavy atom. The fraction of sp³-hybridized carbons (Fsp3) is 0.444. The van der Waals surface area contributed by atoms with Crippen molar-refractivity contribution in [2.75, 3.05) is 19.4 Å². The maximum absolute atomic E-state index is 12.2. The molecule has 1 aliphatic rings. The molecule has 1 aliphatic carbocycles. The Labute approximate surface area is 154 Å². The molecule has 1 N–H and O–H groups in total. The van der Waals surface area contributed by atoms with Gasteiger partial charge >= 0.3 is 5.97 Å². The van der Waals surface area contributed by atoms with Crippen molar-refractivity contribution >= 4 is 27.6 Å². The van der Waals surface area contributed by atoms with Gasteiger partial charge in [-0.1, -0.05) is 18.2 Å². The summed E-state index contributed by atoms with van der Waals surface area (Å²) in [6, 6.07) is 5.92. The molecule has 0 aromatic heterocycles. The van der Waals surface area contributed by atoms with Crippen LogP contribution in [-0.2, 0) is 24.3 Å². The standard InChI is InChI=1S/C18H24N2O5S/c1-13(25-17(21)11-14-7-4-5-8-14)18(22)19-15-9-6-10-16(12-15)26(23,24)20(2)3/h4,6-7,9-10,12-14H,5,8,11H2,1-3H3,(H,19,22)/t13-,14-/m0/s1. The Kier molecular flexibility index (Phi) is 6.55. The van der Waals surface area contributed by atoms with Crippen LogP contribution in [0.5, 0.6) is 0 Å². The van der Waals surface area contributed by atoms with E-state index in [0.717, 1.165) is 17.1 Å². The molecule has 0 fully saturated rings. The Bertz CT molecular complexity index is 802. The number of nitrogens with one attached hydrogen (secondary N) is 1. The normalized spacial score (nSPS) is 17.9. The van der Waals surface area contributed by atoms with Crippen molar-refractivity contribution < 1.29 is 22.7 Å². The van der Waals surface area contributed by atoms with Crippen LogP contribution >= 0.6 is 0 Å². The summed E-state index contributed by atoms with van der Waals surface area (Å²) in [5, 5.41) is 2.58. The van der Waals surface area contributed by atoms with Crippen molar-refractivity contribution in [2.24, 2.45) is 5.92 Å². The number of hydrogen-bond donors (Lipinski definition) is 1. The second-order valence-electron chi connectivity index (χ2n) is 6.41. The van der Waals surface area contributed by atoms with Crippen molar-refractivity contribution in [1.82, 2.24) is 4.31 Å². The lowest BCUT2D eigenvalue weighted by Gasteiger charge is -2.16. The molecule has 0 saturated carbocycles. The summed E-state index contributed by atoms with van der Waals surface area (Å²) in [6.45, 7) is 1.48. The summed E-state index contributed by atoms with van der Waals surface area (Å²) in [5.41, 5.74) is 0.319. The summed E-state index contributed by atoms with van der Waals surface area (Å²) in [7, 11) is -0.733. The van der Waals surface area contributed by atoms with Crippen molar-refractivity contribution in [3.05, 3.63) is 36.4 Å². The topological polar surface area (TPSA) is 92.8 Å². The van der Waals surface area contributed by atoms with E-state index in [1.54, 1.807) is 6.07 Å². The molecule has 142 valence electrons. The van der Waals surface area contributed by atoms with Gasteiger partial charge in [0.2, 0.25) is 10.0 Å². The molecule has 0 saturated heterocycles. The summed E-state index contributed by atoms with van der Waals surface area (Å²) in [5.74, 6) is -0.765. The van der Waals surface area contributed by atoms with E-state index in [1.165, 1.54) is 39.2 Å². The van der Waals surface area contributed by atoms with Crippen molar-refractivity contribution in [1.29, 1.82) is 0 Å². The lowest BCUT2D eigenvalue weighted by atomic mass is 10.1. The molecule has 26 heavy (non-hydrogen) atoms. The van der Waals surface area contributed by atoms with Crippen molar-refractivity contribution in [2.45, 2.75) is 37.2 Å². The summed E-state index contributed by atoms with van der Waals surface area (Å²) >= 11 is 0. The number of carbonyl (C=O) groups excluding carboxylic acids is 2. The minimum atomic E-state index is -3.60. The Hall–Kier alpha value is -2.19. The predicted molar refractivity (Wildman–Crippen MR) is 98.0 cm³/mol. The Morgan fingerprint density at radius 2 is 2.08 bits per heavy atom. The minimum Gasteiger partial charge on any atom is -0.453 e. The van der Waals surface area contributed by atoms with E-state index in [4.69, 9.17) is 4.74 Å². The van der Waals surface area contributed by atoms with Crippen LogP contribution in [0.1, 0.15) is 26.2 Å². The monoisotopic (exact) mass is 380 g/mol. The molecule has 2 rings (SSSR count). The average molecular weight is 380 g/mol. The number of anilines is 1. The third-order valence-electron chi connectivity index (χ3n) is 4.10. The number of rotatable bonds is 7. The molecule has 2 atom stereocenters. The fourth-order valence-electron chi connectivity index (χ4n) is 2.57. The highest BCUT2D eigenvalue weighted by molar-refractivity contribution is 7.89. The van der Waals surface area contributed by atoms with Gasteiger partial charge in [0.05, 0.1) is 11.3 Å². The zero-order valence-electron chi connectivity index (χ0n) is 15.1. The van der Waals surface area contributed by atoms with Crippen LogP contribution < -0.4 is 5.32 Å². The van der Waals surface area contributed by atoms with Crippen LogP contribution in [0, 0.1) is 5.92 Å². The molecular weight excluding hydrogens is 356 g/mol. The van der Waals surface area contributed by atoms with Crippen LogP contribution in [0.4, 0.5) is 5.69 Å². The van der Waals surface area contributed by atoms with Crippen LogP contribution in [0.25, 0.3) is 0 Å². The van der Waals surface area contributed by atoms with E-state index >= 15 is 0 Å². The highest BCUT2D eigenvalue weighted by Gasteiger charge is 2.22. The molecular formula is C18H24N2O5S. The van der Waals surface area contributed by atoms with E-state index in [9.17, 15) is 18.0 Å². The van der Waals surface area contributed by atoms with Gasteiger partial charge in [0.25, 0.3) is 5.91 Å². The van der Waals surface area contributed by atoms with Gasteiger partial charge in [0.1, 0.15) is 0 Å². The second kappa shape index (κ2) is 8.46. The first-order valence-corrected chi connectivity index (χ1v) is 9.83. The highest BCUT2D eigenvalue weighted by Crippen LogP contribution is 2.21. The molecule has 0 aliphatic heterocycles. The average Bonchev–Trinajstić information content (AvgIpc) is 3.07. The molecule has 1 aromatic carbocycles. The molecule has 0 bridgehead atoms. The van der Waals surface area contributed by atoms with E-state index in [-0.39, 0.29) is 17.2 Å². The first kappa shape index (κ1) is 20.1. The number of esters is 1. The molecule has 0 spiro atoms. The Morgan fingerprint density at radius 3 is 2.69 bits per heavy atom. The molecule has 7 nitrogen and oxygen atoms in total. The van der Waals surface area contributed by atoms with E-state index in [0.29, 0.717) is 5.69 Å². The zero-order chi connectivity index (χ0) is 19.3. The lowest BCUT2D eigenvalue weighted by molar-refractivity contribution is -0.153. The molecule has 1 amide bonds. The van der Waals surface area contributed by atoms with Gasteiger partial charge in [-0.3, -0.25) is 9.59 Å². The van der Waals surface area contributed by atoms with Gasteiger partial charge < -0.3 is 10.1 Å². The van der Waals surface area contributed by atoms with Crippen LogP contribution in [0.3, 0.4) is 0 Å². The third kappa shape index (κ3) is 5.15. The van der Waals surface area contributed by atoms with Crippen molar-refractivity contribution in [3.63, 3.8) is 0 Å².